The van der Waals surface area contributed by atoms with Crippen molar-refractivity contribution >= 4 is 109 Å². The molecule has 1 spiro atoms. The van der Waals surface area contributed by atoms with Crippen molar-refractivity contribution in [2.24, 2.45) is 0 Å². The van der Waals surface area contributed by atoms with Crippen LogP contribution in [0.2, 0.25) is 0 Å². The van der Waals surface area contributed by atoms with Crippen LogP contribution in [-0.2, 0) is 0 Å². The second kappa shape index (κ2) is 14.7. The number of hydrogen-bond donors (Lipinski definition) is 0. The Balaban J connectivity index is 0.939. The molecule has 0 unspecified atom stereocenters. The fourth-order valence-electron chi connectivity index (χ4n) is 13.3. The van der Waals surface area contributed by atoms with Crippen molar-refractivity contribution in [1.82, 2.24) is 0 Å². The molecule has 6 aliphatic heterocycles. The number of aryl methyl sites for hydroxylation is 4. The third kappa shape index (κ3) is 5.55. The van der Waals surface area contributed by atoms with Gasteiger partial charge in [0.25, 0.3) is 13.4 Å². The van der Waals surface area contributed by atoms with Crippen LogP contribution < -0.4 is 82.3 Å². The van der Waals surface area contributed by atoms with Crippen molar-refractivity contribution in [3.63, 3.8) is 0 Å². The first kappa shape index (κ1) is 41.0. The number of anilines is 6. The molecule has 16 rings (SSSR count). The molecule has 0 saturated heterocycles. The third-order valence-electron chi connectivity index (χ3n) is 16.3. The minimum absolute atomic E-state index is 0.0132. The average Bonchev–Trinajstić information content (AvgIpc) is 3.40. The maximum atomic E-state index is 6.94. The van der Waals surface area contributed by atoms with Gasteiger partial charge in [0, 0.05) is 57.9 Å². The van der Waals surface area contributed by atoms with Crippen LogP contribution in [0.25, 0.3) is 0 Å². The zero-order chi connectivity index (χ0) is 48.4. The molecule has 6 aliphatic rings. The van der Waals surface area contributed by atoms with E-state index in [0.29, 0.717) is 0 Å². The minimum atomic E-state index is -3.23. The lowest BCUT2D eigenvalue weighted by atomic mass is 9.35. The van der Waals surface area contributed by atoms with Gasteiger partial charge in [-0.25, -0.2) is 0 Å². The van der Waals surface area contributed by atoms with Crippen LogP contribution in [0.4, 0.5) is 34.1 Å². The predicted octanol–water partition coefficient (Wildman–Crippen LogP) is 9.32. The van der Waals surface area contributed by atoms with Crippen LogP contribution in [0.1, 0.15) is 22.3 Å². The van der Waals surface area contributed by atoms with Crippen molar-refractivity contribution in [2.45, 2.75) is 27.7 Å². The summed E-state index contributed by atoms with van der Waals surface area (Å²) in [6, 6.07) is 71.3. The normalized spacial score (nSPS) is 14.7. The SMILES string of the molecule is Cc1ccc2c(c1)[Si]1(c3cc(C)ccc3N2c2cc3c4c(c2)Oc2ccccc2B4c2ccccc2O3)c2cc(C)ccc2N(c2cc3c4c(c2)Oc2ccccc2B4c2ccccc2O3)c2ccc(C)cc21. The van der Waals surface area contributed by atoms with Crippen LogP contribution in [0.5, 0.6) is 46.0 Å². The van der Waals surface area contributed by atoms with E-state index < -0.39 is 8.07 Å². The smallest absolute Gasteiger partial charge is 0.260 e. The van der Waals surface area contributed by atoms with E-state index in [1.807, 2.05) is 0 Å². The van der Waals surface area contributed by atoms with Crippen molar-refractivity contribution < 1.29 is 18.9 Å². The van der Waals surface area contributed by atoms with Crippen molar-refractivity contribution in [3.8, 4) is 46.0 Å². The largest absolute Gasteiger partial charge is 0.458 e. The molecule has 10 aromatic carbocycles. The Morgan fingerprint density at radius 1 is 0.301 bits per heavy atom. The van der Waals surface area contributed by atoms with E-state index in [-0.39, 0.29) is 13.4 Å². The molecule has 6 heterocycles. The van der Waals surface area contributed by atoms with E-state index in [2.05, 4.69) is 232 Å². The molecule has 0 radical (unpaired) electrons. The van der Waals surface area contributed by atoms with E-state index in [1.54, 1.807) is 0 Å². The van der Waals surface area contributed by atoms with Gasteiger partial charge < -0.3 is 28.7 Å². The van der Waals surface area contributed by atoms with Crippen LogP contribution in [0.15, 0.2) is 194 Å². The minimum Gasteiger partial charge on any atom is -0.458 e. The van der Waals surface area contributed by atoms with Gasteiger partial charge >= 0.3 is 0 Å². The highest BCUT2D eigenvalue weighted by molar-refractivity contribution is 7.23. The highest BCUT2D eigenvalue weighted by Gasteiger charge is 2.55. The number of nitrogens with zero attached hydrogens (tertiary/aromatic N) is 2. The number of fused-ring (bicyclic) bond motifs is 16. The molecule has 0 atom stereocenters. The highest BCUT2D eigenvalue weighted by Crippen LogP contribution is 2.49. The van der Waals surface area contributed by atoms with Crippen LogP contribution in [0.3, 0.4) is 0 Å². The van der Waals surface area contributed by atoms with Crippen LogP contribution in [-0.4, -0.2) is 21.5 Å². The van der Waals surface area contributed by atoms with Gasteiger partial charge in [-0.15, -0.1) is 0 Å². The fraction of sp³-hybridized carbons (Fsp3) is 0.0625. The van der Waals surface area contributed by atoms with E-state index in [9.17, 15) is 0 Å². The fourth-order valence-corrected chi connectivity index (χ4v) is 19.1. The monoisotopic (exact) mass is 954 g/mol. The maximum absolute atomic E-state index is 6.94. The van der Waals surface area contributed by atoms with Gasteiger partial charge in [0.15, 0.2) is 8.07 Å². The van der Waals surface area contributed by atoms with E-state index in [4.69, 9.17) is 18.9 Å². The van der Waals surface area contributed by atoms with Gasteiger partial charge in [-0.2, -0.15) is 0 Å². The molecule has 0 aliphatic carbocycles. The van der Waals surface area contributed by atoms with E-state index >= 15 is 0 Å². The molecule has 9 heteroatoms. The number of rotatable bonds is 2. The lowest BCUT2D eigenvalue weighted by molar-refractivity contribution is 0.464. The van der Waals surface area contributed by atoms with Crippen LogP contribution >= 0.6 is 0 Å². The Kier molecular flexibility index (Phi) is 8.27. The first-order valence-corrected chi connectivity index (χ1v) is 27.3. The van der Waals surface area contributed by atoms with Crippen molar-refractivity contribution in [1.29, 1.82) is 0 Å². The molecule has 0 amide bonds. The average molecular weight is 955 g/mol. The zero-order valence-corrected chi connectivity index (χ0v) is 41.7. The van der Waals surface area contributed by atoms with Gasteiger partial charge in [0.05, 0.1) is 11.4 Å². The number of ether oxygens (including phenoxy) is 4. The number of hydrogen-bond acceptors (Lipinski definition) is 6. The van der Waals surface area contributed by atoms with Gasteiger partial charge in [-0.3, -0.25) is 0 Å². The highest BCUT2D eigenvalue weighted by atomic mass is 28.3. The molecule has 10 aromatic rings. The second-order valence-corrected chi connectivity index (χ2v) is 24.3. The molecule has 0 N–H and O–H groups in total. The number of benzene rings is 10. The standard InChI is InChI=1S/C64H44B2N2O4Si/c1-37-21-25-47-59(29-37)73(60-30-38(2)22-26-48(60)67(47)41-33-55-63-56(34-41)70-52-18-10-6-14-44(52)65(63)43-13-5-9-17-51(43)69-55)61-31-39(3)23-27-49(61)68(50-28-24-40(4)32-62(50)73)42-35-57-64-58(36-42)72-54-20-12-8-16-46(54)66(64)45-15-7-11-19-53(45)71-57/h5-36H,1-4H3. The van der Waals surface area contributed by atoms with E-state index in [0.717, 1.165) is 113 Å². The summed E-state index contributed by atoms with van der Waals surface area (Å²) in [7, 11) is -3.23. The van der Waals surface area contributed by atoms with Gasteiger partial charge in [-0.1, -0.05) is 144 Å². The Hall–Kier alpha value is -8.65. The molecule has 6 nitrogen and oxygen atoms in total. The van der Waals surface area contributed by atoms with E-state index in [1.165, 1.54) is 43.0 Å². The molecule has 0 fully saturated rings. The Bertz CT molecular complexity index is 3600. The maximum Gasteiger partial charge on any atom is 0.260 e. The summed E-state index contributed by atoms with van der Waals surface area (Å²) in [4.78, 5) is 4.96. The molecular weight excluding hydrogens is 910 g/mol. The van der Waals surface area contributed by atoms with Gasteiger partial charge in [0.2, 0.25) is 0 Å². The lowest BCUT2D eigenvalue weighted by Crippen LogP contribution is -2.79. The molecule has 0 aromatic heterocycles. The summed E-state index contributed by atoms with van der Waals surface area (Å²) in [5.41, 5.74) is 18.2. The summed E-state index contributed by atoms with van der Waals surface area (Å²) < 4.78 is 27.8. The zero-order valence-electron chi connectivity index (χ0n) is 40.7. The molecule has 73 heavy (non-hydrogen) atoms. The lowest BCUT2D eigenvalue weighted by Gasteiger charge is -2.50. The Morgan fingerprint density at radius 2 is 0.562 bits per heavy atom. The van der Waals surface area contributed by atoms with Crippen LogP contribution in [0, 0.1) is 27.7 Å². The topological polar surface area (TPSA) is 43.4 Å². The summed E-state index contributed by atoms with van der Waals surface area (Å²) in [5, 5.41) is 5.37. The van der Waals surface area contributed by atoms with Gasteiger partial charge in [-0.05, 0) is 119 Å². The third-order valence-corrected chi connectivity index (χ3v) is 21.1. The molecule has 0 bridgehead atoms. The quantitative estimate of drug-likeness (QED) is 0.161. The molecular formula is C64H44B2N2O4Si. The molecule has 344 valence electrons. The first-order chi connectivity index (χ1) is 35.8. The number of para-hydroxylation sites is 4. The Morgan fingerprint density at radius 3 is 0.836 bits per heavy atom. The van der Waals surface area contributed by atoms with Crippen molar-refractivity contribution in [3.05, 3.63) is 216 Å². The Labute approximate surface area is 425 Å². The second-order valence-electron chi connectivity index (χ2n) is 20.6. The predicted molar refractivity (Wildman–Crippen MR) is 301 cm³/mol. The first-order valence-electron chi connectivity index (χ1n) is 25.3. The van der Waals surface area contributed by atoms with Crippen molar-refractivity contribution in [2.75, 3.05) is 9.80 Å². The summed E-state index contributed by atoms with van der Waals surface area (Å²) in [6.45, 7) is 8.93. The summed E-state index contributed by atoms with van der Waals surface area (Å²) >= 11 is 0. The summed E-state index contributed by atoms with van der Waals surface area (Å²) in [6.07, 6.45) is 0. The molecule has 0 saturated carbocycles. The summed E-state index contributed by atoms with van der Waals surface area (Å²) in [5.74, 6) is 6.76. The van der Waals surface area contributed by atoms with Gasteiger partial charge in [0.1, 0.15) is 46.0 Å².